The molecule has 0 amide bonds. The van der Waals surface area contributed by atoms with E-state index in [-0.39, 0.29) is 6.04 Å². The first kappa shape index (κ1) is 21.9. The van der Waals surface area contributed by atoms with Crippen LogP contribution in [0.15, 0.2) is 30.5 Å². The van der Waals surface area contributed by atoms with Crippen LogP contribution in [0.25, 0.3) is 22.0 Å². The van der Waals surface area contributed by atoms with Gasteiger partial charge in [0.2, 0.25) is 5.95 Å². The van der Waals surface area contributed by atoms with Crippen molar-refractivity contribution in [1.29, 1.82) is 0 Å². The summed E-state index contributed by atoms with van der Waals surface area (Å²) in [5, 5.41) is 8.48. The average Bonchev–Trinajstić information content (AvgIpc) is 3.21. The van der Waals surface area contributed by atoms with Crippen molar-refractivity contribution in [2.75, 3.05) is 39.8 Å². The molecule has 0 radical (unpaired) electrons. The predicted octanol–water partition coefficient (Wildman–Crippen LogP) is 4.41. The minimum absolute atomic E-state index is 0.243. The fraction of sp³-hybridized carbons (Fsp3) is 0.364. The van der Waals surface area contributed by atoms with Gasteiger partial charge in [0, 0.05) is 49.0 Å². The summed E-state index contributed by atoms with van der Waals surface area (Å²) in [6, 6.07) is 8.03. The van der Waals surface area contributed by atoms with E-state index in [2.05, 4.69) is 15.6 Å². The summed E-state index contributed by atoms with van der Waals surface area (Å²) in [6.07, 6.45) is 2.73. The largest absolute Gasteiger partial charge is 0.495 e. The summed E-state index contributed by atoms with van der Waals surface area (Å²) in [7, 11) is 4.82. The van der Waals surface area contributed by atoms with E-state index < -0.39 is 0 Å². The van der Waals surface area contributed by atoms with Crippen LogP contribution in [0.3, 0.4) is 0 Å². The maximum Gasteiger partial charge on any atom is 0.223 e. The second-order valence-electron chi connectivity index (χ2n) is 7.35. The SMILES string of the molecule is COC[C@@H]1C[C@H](Nc2ncc3c(-c4c(Cl)c(OC)cc(OC)c4Cl)cccc3n2)CN1. The first-order chi connectivity index (χ1) is 15.0. The molecule has 2 aromatic carbocycles. The molecule has 0 bridgehead atoms. The molecule has 1 saturated heterocycles. The Morgan fingerprint density at radius 3 is 2.55 bits per heavy atom. The molecule has 4 rings (SSSR count). The van der Waals surface area contributed by atoms with Gasteiger partial charge in [-0.1, -0.05) is 35.3 Å². The molecular formula is C22H24Cl2N4O3. The van der Waals surface area contributed by atoms with Crippen LogP contribution in [0, 0.1) is 0 Å². The number of ether oxygens (including phenoxy) is 3. The summed E-state index contributed by atoms with van der Waals surface area (Å²) in [6.45, 7) is 1.52. The molecule has 0 spiro atoms. The Hall–Kier alpha value is -2.32. The Morgan fingerprint density at radius 2 is 1.87 bits per heavy atom. The van der Waals surface area contributed by atoms with Crippen LogP contribution >= 0.6 is 23.2 Å². The van der Waals surface area contributed by atoms with Gasteiger partial charge in [-0.05, 0) is 18.1 Å². The number of benzene rings is 2. The van der Waals surface area contributed by atoms with E-state index in [1.54, 1.807) is 33.6 Å². The second kappa shape index (κ2) is 9.44. The Kier molecular flexibility index (Phi) is 6.67. The molecule has 2 heterocycles. The van der Waals surface area contributed by atoms with Gasteiger partial charge in [-0.2, -0.15) is 0 Å². The number of fused-ring (bicyclic) bond motifs is 1. The molecule has 7 nitrogen and oxygen atoms in total. The first-order valence-corrected chi connectivity index (χ1v) is 10.7. The second-order valence-corrected chi connectivity index (χ2v) is 8.11. The van der Waals surface area contributed by atoms with E-state index in [4.69, 9.17) is 42.4 Å². The summed E-state index contributed by atoms with van der Waals surface area (Å²) >= 11 is 13.3. The van der Waals surface area contributed by atoms with Crippen molar-refractivity contribution in [3.8, 4) is 22.6 Å². The lowest BCUT2D eigenvalue weighted by molar-refractivity contribution is 0.173. The van der Waals surface area contributed by atoms with Crippen LogP contribution in [-0.2, 0) is 4.74 Å². The van der Waals surface area contributed by atoms with Crippen LogP contribution in [0.1, 0.15) is 6.42 Å². The number of halogens is 2. The van der Waals surface area contributed by atoms with Crippen molar-refractivity contribution >= 4 is 40.1 Å². The lowest BCUT2D eigenvalue weighted by Crippen LogP contribution is -2.26. The van der Waals surface area contributed by atoms with Gasteiger partial charge < -0.3 is 24.8 Å². The van der Waals surface area contributed by atoms with Crippen molar-refractivity contribution in [3.05, 3.63) is 40.5 Å². The highest BCUT2D eigenvalue weighted by molar-refractivity contribution is 6.41. The van der Waals surface area contributed by atoms with Crippen molar-refractivity contribution in [2.24, 2.45) is 0 Å². The van der Waals surface area contributed by atoms with E-state index in [1.165, 1.54) is 0 Å². The lowest BCUT2D eigenvalue weighted by Gasteiger charge is -2.16. The number of methoxy groups -OCH3 is 3. The zero-order valence-electron chi connectivity index (χ0n) is 17.5. The predicted molar refractivity (Wildman–Crippen MR) is 124 cm³/mol. The maximum absolute atomic E-state index is 6.63. The van der Waals surface area contributed by atoms with E-state index in [9.17, 15) is 0 Å². The summed E-state index contributed by atoms with van der Waals surface area (Å²) in [5.74, 6) is 1.54. The third-order valence-electron chi connectivity index (χ3n) is 5.39. The molecule has 9 heteroatoms. The van der Waals surface area contributed by atoms with Crippen LogP contribution in [0.4, 0.5) is 5.95 Å². The monoisotopic (exact) mass is 462 g/mol. The Labute approximate surface area is 191 Å². The maximum atomic E-state index is 6.63. The minimum Gasteiger partial charge on any atom is -0.495 e. The number of nitrogens with zero attached hydrogens (tertiary/aromatic N) is 2. The number of anilines is 1. The summed E-state index contributed by atoms with van der Waals surface area (Å²) in [5.41, 5.74) is 2.21. The summed E-state index contributed by atoms with van der Waals surface area (Å²) < 4.78 is 16.0. The van der Waals surface area contributed by atoms with Gasteiger partial charge in [-0.3, -0.25) is 0 Å². The number of hydrogen-bond donors (Lipinski definition) is 2. The minimum atomic E-state index is 0.243. The molecule has 1 aromatic heterocycles. The van der Waals surface area contributed by atoms with Gasteiger partial charge in [0.05, 0.1) is 36.4 Å². The van der Waals surface area contributed by atoms with Gasteiger partial charge in [-0.15, -0.1) is 0 Å². The molecule has 3 aromatic rings. The zero-order valence-corrected chi connectivity index (χ0v) is 19.0. The molecule has 31 heavy (non-hydrogen) atoms. The fourth-order valence-corrected chi connectivity index (χ4v) is 4.61. The molecule has 164 valence electrons. The quantitative estimate of drug-likeness (QED) is 0.538. The van der Waals surface area contributed by atoms with Crippen LogP contribution in [0.5, 0.6) is 11.5 Å². The Bertz CT molecular complexity index is 1070. The average molecular weight is 463 g/mol. The van der Waals surface area contributed by atoms with Crippen molar-refractivity contribution in [1.82, 2.24) is 15.3 Å². The highest BCUT2D eigenvalue weighted by atomic mass is 35.5. The molecule has 2 atom stereocenters. The lowest BCUT2D eigenvalue weighted by atomic mass is 10.0. The van der Waals surface area contributed by atoms with Crippen LogP contribution in [-0.4, -0.2) is 56.5 Å². The van der Waals surface area contributed by atoms with Gasteiger partial charge in [-0.25, -0.2) is 9.97 Å². The Balaban J connectivity index is 1.70. The summed E-state index contributed by atoms with van der Waals surface area (Å²) in [4.78, 5) is 9.25. The third kappa shape index (κ3) is 4.36. The molecule has 0 unspecified atom stereocenters. The van der Waals surface area contributed by atoms with E-state index in [0.29, 0.717) is 45.7 Å². The van der Waals surface area contributed by atoms with Crippen molar-refractivity contribution in [3.63, 3.8) is 0 Å². The molecule has 0 saturated carbocycles. The van der Waals surface area contributed by atoms with E-state index in [1.807, 2.05) is 18.2 Å². The molecule has 0 aliphatic carbocycles. The first-order valence-electron chi connectivity index (χ1n) is 9.90. The topological polar surface area (TPSA) is 77.5 Å². The van der Waals surface area contributed by atoms with Crippen LogP contribution < -0.4 is 20.1 Å². The molecule has 1 aliphatic rings. The number of nitrogens with one attached hydrogen (secondary N) is 2. The van der Waals surface area contributed by atoms with E-state index >= 15 is 0 Å². The van der Waals surface area contributed by atoms with E-state index in [0.717, 1.165) is 29.4 Å². The molecule has 1 aliphatic heterocycles. The highest BCUT2D eigenvalue weighted by Gasteiger charge is 2.25. The fourth-order valence-electron chi connectivity index (χ4n) is 3.90. The van der Waals surface area contributed by atoms with Gasteiger partial charge in [0.25, 0.3) is 0 Å². The number of aromatic nitrogens is 2. The molecule has 2 N–H and O–H groups in total. The highest BCUT2D eigenvalue weighted by Crippen LogP contribution is 2.47. The van der Waals surface area contributed by atoms with Crippen LogP contribution in [0.2, 0.25) is 10.0 Å². The number of rotatable bonds is 7. The zero-order chi connectivity index (χ0) is 22.0. The van der Waals surface area contributed by atoms with Crippen molar-refractivity contribution < 1.29 is 14.2 Å². The van der Waals surface area contributed by atoms with Crippen molar-refractivity contribution in [2.45, 2.75) is 18.5 Å². The molecular weight excluding hydrogens is 439 g/mol. The molecule has 1 fully saturated rings. The normalized spacial score (nSPS) is 18.4. The standard InChI is InChI=1S/C22H24Cl2N4O3/c1-29-11-13-7-12(9-25-13)27-22-26-10-15-14(5-4-6-16(15)28-22)19-20(23)17(30-2)8-18(31-3)21(19)24/h4-6,8,10,12-13,25H,7,9,11H2,1-3H3,(H,26,27,28)/t12-,13-/m0/s1. The smallest absolute Gasteiger partial charge is 0.223 e. The van der Waals surface area contributed by atoms with Gasteiger partial charge in [0.1, 0.15) is 11.5 Å². The number of hydrogen-bond acceptors (Lipinski definition) is 7. The van der Waals surface area contributed by atoms with Gasteiger partial charge in [0.15, 0.2) is 0 Å². The van der Waals surface area contributed by atoms with Gasteiger partial charge >= 0.3 is 0 Å². The third-order valence-corrected chi connectivity index (χ3v) is 6.14. The Morgan fingerprint density at radius 1 is 1.13 bits per heavy atom.